The topological polar surface area (TPSA) is 3.24 Å². The van der Waals surface area contributed by atoms with Gasteiger partial charge in [0, 0.05) is 17.1 Å². The zero-order chi connectivity index (χ0) is 38.6. The van der Waals surface area contributed by atoms with Gasteiger partial charge in [0.2, 0.25) is 0 Å². The normalized spacial score (nSPS) is 13.6. The second kappa shape index (κ2) is 14.2. The molecule has 0 fully saturated rings. The van der Waals surface area contributed by atoms with E-state index in [1.807, 2.05) is 0 Å². The molecule has 2 aliphatic carbocycles. The minimum atomic E-state index is 1.03. The van der Waals surface area contributed by atoms with Crippen molar-refractivity contribution in [1.82, 2.24) is 0 Å². The first-order valence-corrected chi connectivity index (χ1v) is 20.7. The van der Waals surface area contributed by atoms with Crippen LogP contribution in [0.1, 0.15) is 41.5 Å². The monoisotopic (exact) mass is 741 g/mol. The number of fused-ring (bicyclic) bond motifs is 8. The molecule has 0 aromatic heterocycles. The zero-order valence-electron chi connectivity index (χ0n) is 32.8. The van der Waals surface area contributed by atoms with Crippen molar-refractivity contribution in [3.63, 3.8) is 0 Å². The molecule has 11 rings (SSSR count). The van der Waals surface area contributed by atoms with Crippen LogP contribution in [0.5, 0.6) is 0 Å². The van der Waals surface area contributed by atoms with Gasteiger partial charge in [-0.15, -0.1) is 0 Å². The van der Waals surface area contributed by atoms with Crippen molar-refractivity contribution in [1.29, 1.82) is 0 Å². The molecule has 1 heteroatoms. The lowest BCUT2D eigenvalue weighted by molar-refractivity contribution is 0.999. The summed E-state index contributed by atoms with van der Waals surface area (Å²) in [4.78, 5) is 2.41. The number of hydrogen-bond donors (Lipinski definition) is 0. The van der Waals surface area contributed by atoms with Crippen molar-refractivity contribution in [2.75, 3.05) is 4.90 Å². The van der Waals surface area contributed by atoms with Crippen LogP contribution in [0.15, 0.2) is 188 Å². The molecule has 276 valence electrons. The molecule has 1 nitrogen and oxygen atoms in total. The lowest BCUT2D eigenvalue weighted by Gasteiger charge is -2.28. The van der Waals surface area contributed by atoms with Gasteiger partial charge in [-0.1, -0.05) is 152 Å². The molecular weight excluding hydrogens is 699 g/mol. The first kappa shape index (κ1) is 34.3. The SMILES string of the molecule is Cc1cccc2c1c1c(c3c(C4=CC=CCC4)c(-c4ccccc4)cc(-c4ccc(N(c5ccc6ccccc6c5)c5ccc6ccccc6c5)cc4)c32)C=CCC1. The number of benzene rings is 9. The van der Waals surface area contributed by atoms with E-state index in [1.54, 1.807) is 0 Å². The van der Waals surface area contributed by atoms with Gasteiger partial charge in [-0.05, 0) is 168 Å². The van der Waals surface area contributed by atoms with E-state index in [2.05, 4.69) is 206 Å². The number of anilines is 3. The summed E-state index contributed by atoms with van der Waals surface area (Å²) < 4.78 is 0. The molecule has 9 aromatic rings. The summed E-state index contributed by atoms with van der Waals surface area (Å²) in [7, 11) is 0. The first-order valence-electron chi connectivity index (χ1n) is 20.7. The van der Waals surface area contributed by atoms with Gasteiger partial charge >= 0.3 is 0 Å². The lowest BCUT2D eigenvalue weighted by atomic mass is 9.77. The van der Waals surface area contributed by atoms with Crippen molar-refractivity contribution in [3.8, 4) is 22.3 Å². The standard InChI is InChI=1S/C57H43N/c1-38-15-14-26-51-54(38)49-24-12-13-25-50(49)57-55(43-20-6-3-7-21-43)52(41-18-4-2-5-19-41)37-53(56(51)57)42-29-31-46(32-30-42)58(47-33-27-39-16-8-10-22-44(39)35-47)48-34-28-40-17-9-11-23-45(40)36-48/h2-6,8-11,13-20,22-23,25-37H,7,12,21,24H2,1H3. The predicted molar refractivity (Wildman–Crippen MR) is 250 cm³/mol. The maximum absolute atomic E-state index is 2.51. The molecule has 0 atom stereocenters. The molecule has 0 heterocycles. The van der Waals surface area contributed by atoms with Crippen LogP contribution in [0.25, 0.3) is 77.0 Å². The highest BCUT2D eigenvalue weighted by Crippen LogP contribution is 2.50. The Kier molecular flexibility index (Phi) is 8.40. The molecule has 0 spiro atoms. The Balaban J connectivity index is 1.18. The van der Waals surface area contributed by atoms with Crippen LogP contribution in [0.4, 0.5) is 17.1 Å². The van der Waals surface area contributed by atoms with Crippen LogP contribution >= 0.6 is 0 Å². The summed E-state index contributed by atoms with van der Waals surface area (Å²) in [5.74, 6) is 0. The Labute approximate surface area is 340 Å². The van der Waals surface area contributed by atoms with Crippen molar-refractivity contribution in [2.45, 2.75) is 32.6 Å². The number of allylic oxidation sites excluding steroid dienone is 5. The fraction of sp³-hybridized carbons (Fsp3) is 0.0877. The quantitative estimate of drug-likeness (QED) is 0.153. The van der Waals surface area contributed by atoms with Gasteiger partial charge < -0.3 is 4.90 Å². The molecule has 0 radical (unpaired) electrons. The van der Waals surface area contributed by atoms with Gasteiger partial charge in [-0.2, -0.15) is 0 Å². The summed E-state index contributed by atoms with van der Waals surface area (Å²) in [5.41, 5.74) is 15.5. The van der Waals surface area contributed by atoms with E-state index in [-0.39, 0.29) is 0 Å². The highest BCUT2D eigenvalue weighted by molar-refractivity contribution is 6.23. The Morgan fingerprint density at radius 2 is 1.10 bits per heavy atom. The van der Waals surface area contributed by atoms with Crippen molar-refractivity contribution in [3.05, 3.63) is 210 Å². The van der Waals surface area contributed by atoms with Crippen molar-refractivity contribution >= 4 is 71.8 Å². The number of aryl methyl sites for hydroxylation is 2. The van der Waals surface area contributed by atoms with E-state index in [0.717, 1.165) is 42.7 Å². The zero-order valence-corrected chi connectivity index (χ0v) is 32.8. The Bertz CT molecular complexity index is 3080. The summed E-state index contributed by atoms with van der Waals surface area (Å²) in [6.07, 6.45) is 16.0. The third-order valence-corrected chi connectivity index (χ3v) is 12.4. The van der Waals surface area contributed by atoms with Gasteiger partial charge in [-0.3, -0.25) is 0 Å². The summed E-state index contributed by atoms with van der Waals surface area (Å²) in [6, 6.07) is 60.7. The van der Waals surface area contributed by atoms with E-state index in [9.17, 15) is 0 Å². The molecule has 58 heavy (non-hydrogen) atoms. The number of rotatable bonds is 6. The third-order valence-electron chi connectivity index (χ3n) is 12.4. The molecule has 0 saturated heterocycles. The van der Waals surface area contributed by atoms with E-state index in [0.29, 0.717) is 0 Å². The molecule has 0 amide bonds. The van der Waals surface area contributed by atoms with Gasteiger partial charge in [0.25, 0.3) is 0 Å². The van der Waals surface area contributed by atoms with Gasteiger partial charge in [-0.25, -0.2) is 0 Å². The summed E-state index contributed by atoms with van der Waals surface area (Å²) in [6.45, 7) is 2.29. The fourth-order valence-corrected chi connectivity index (χ4v) is 9.75. The fourth-order valence-electron chi connectivity index (χ4n) is 9.75. The highest BCUT2D eigenvalue weighted by Gasteiger charge is 2.26. The highest BCUT2D eigenvalue weighted by atomic mass is 15.1. The molecule has 0 saturated carbocycles. The Morgan fingerprint density at radius 1 is 0.466 bits per heavy atom. The average molecular weight is 742 g/mol. The van der Waals surface area contributed by atoms with Crippen molar-refractivity contribution in [2.24, 2.45) is 0 Å². The maximum atomic E-state index is 2.51. The largest absolute Gasteiger partial charge is 0.310 e. The van der Waals surface area contributed by atoms with Crippen LogP contribution < -0.4 is 4.90 Å². The van der Waals surface area contributed by atoms with E-state index < -0.39 is 0 Å². The second-order valence-electron chi connectivity index (χ2n) is 15.9. The molecular formula is C57H43N. The van der Waals surface area contributed by atoms with Gasteiger partial charge in [0.05, 0.1) is 0 Å². The molecule has 0 N–H and O–H groups in total. The van der Waals surface area contributed by atoms with E-state index in [1.165, 1.54) is 93.2 Å². The van der Waals surface area contributed by atoms with Crippen LogP contribution in [0.2, 0.25) is 0 Å². The number of nitrogens with zero attached hydrogens (tertiary/aromatic N) is 1. The van der Waals surface area contributed by atoms with Gasteiger partial charge in [0.15, 0.2) is 0 Å². The third kappa shape index (κ3) is 5.77. The lowest BCUT2D eigenvalue weighted by Crippen LogP contribution is -2.10. The first-order chi connectivity index (χ1) is 28.7. The molecule has 9 aromatic carbocycles. The average Bonchev–Trinajstić information content (AvgIpc) is 3.29. The van der Waals surface area contributed by atoms with Crippen LogP contribution in [0, 0.1) is 6.92 Å². The summed E-state index contributed by atoms with van der Waals surface area (Å²) >= 11 is 0. The van der Waals surface area contributed by atoms with Crippen LogP contribution in [-0.2, 0) is 6.42 Å². The van der Waals surface area contributed by atoms with Crippen LogP contribution in [-0.4, -0.2) is 0 Å². The molecule has 2 aliphatic rings. The van der Waals surface area contributed by atoms with E-state index >= 15 is 0 Å². The predicted octanol–water partition coefficient (Wildman–Crippen LogP) is 16.1. The van der Waals surface area contributed by atoms with E-state index in [4.69, 9.17) is 0 Å². The maximum Gasteiger partial charge on any atom is 0.0468 e. The Hall–Kier alpha value is -6.96. The summed E-state index contributed by atoms with van der Waals surface area (Å²) in [5, 5.41) is 10.4. The minimum absolute atomic E-state index is 1.03. The second-order valence-corrected chi connectivity index (χ2v) is 15.9. The number of hydrogen-bond acceptors (Lipinski definition) is 1. The van der Waals surface area contributed by atoms with Gasteiger partial charge in [0.1, 0.15) is 0 Å². The molecule has 0 aliphatic heterocycles. The van der Waals surface area contributed by atoms with Crippen molar-refractivity contribution < 1.29 is 0 Å². The Morgan fingerprint density at radius 3 is 1.79 bits per heavy atom. The van der Waals surface area contributed by atoms with Crippen LogP contribution in [0.3, 0.4) is 0 Å². The smallest absolute Gasteiger partial charge is 0.0468 e. The molecule has 0 bridgehead atoms. The molecule has 0 unspecified atom stereocenters. The minimum Gasteiger partial charge on any atom is -0.310 e.